The second-order valence-electron chi connectivity index (χ2n) is 5.51. The van der Waals surface area contributed by atoms with Crippen molar-refractivity contribution in [1.29, 1.82) is 0 Å². The van der Waals surface area contributed by atoms with E-state index in [9.17, 15) is 0 Å². The van der Waals surface area contributed by atoms with Crippen molar-refractivity contribution in [3.8, 4) is 0 Å². The Kier molecular flexibility index (Phi) is 8.86. The van der Waals surface area contributed by atoms with E-state index in [4.69, 9.17) is 4.74 Å². The predicted octanol–water partition coefficient (Wildman–Crippen LogP) is 2.56. The quantitative estimate of drug-likeness (QED) is 0.783. The Morgan fingerprint density at radius 1 is 1.30 bits per heavy atom. The van der Waals surface area contributed by atoms with Gasteiger partial charge < -0.3 is 15.0 Å². The number of nitrogens with one attached hydrogen (secondary N) is 1. The average molecular weight is 299 g/mol. The van der Waals surface area contributed by atoms with Crippen LogP contribution in [0.15, 0.2) is 30.3 Å². The number of hydrogen-bond donors (Lipinski definition) is 1. The van der Waals surface area contributed by atoms with Crippen LogP contribution >= 0.6 is 12.4 Å². The van der Waals surface area contributed by atoms with Gasteiger partial charge in [-0.15, -0.1) is 12.4 Å². The lowest BCUT2D eigenvalue weighted by Crippen LogP contribution is -2.37. The van der Waals surface area contributed by atoms with Crippen molar-refractivity contribution in [2.24, 2.45) is 5.92 Å². The van der Waals surface area contributed by atoms with Gasteiger partial charge in [0, 0.05) is 13.1 Å². The maximum Gasteiger partial charge on any atom is 0.0717 e. The Morgan fingerprint density at radius 3 is 2.80 bits per heavy atom. The normalized spacial score (nSPS) is 18.8. The molecule has 1 aliphatic rings. The van der Waals surface area contributed by atoms with Gasteiger partial charge in [-0.3, -0.25) is 0 Å². The molecule has 1 saturated heterocycles. The fraction of sp³-hybridized carbons (Fsp3) is 0.625. The van der Waals surface area contributed by atoms with Gasteiger partial charge in [0.1, 0.15) is 0 Å². The molecule has 2 rings (SSSR count). The molecular weight excluding hydrogens is 272 g/mol. The van der Waals surface area contributed by atoms with Crippen molar-refractivity contribution in [3.05, 3.63) is 35.9 Å². The predicted molar refractivity (Wildman–Crippen MR) is 86.4 cm³/mol. The van der Waals surface area contributed by atoms with Crippen LogP contribution in [-0.2, 0) is 11.3 Å². The van der Waals surface area contributed by atoms with Crippen LogP contribution in [-0.4, -0.2) is 44.7 Å². The first-order valence-corrected chi connectivity index (χ1v) is 7.35. The minimum absolute atomic E-state index is 0. The van der Waals surface area contributed by atoms with E-state index in [0.29, 0.717) is 0 Å². The molecule has 1 fully saturated rings. The number of benzene rings is 1. The first kappa shape index (κ1) is 17.4. The van der Waals surface area contributed by atoms with Crippen LogP contribution in [0, 0.1) is 5.92 Å². The van der Waals surface area contributed by atoms with Crippen molar-refractivity contribution in [1.82, 2.24) is 10.2 Å². The lowest BCUT2D eigenvalue weighted by Gasteiger charge is -2.27. The molecule has 20 heavy (non-hydrogen) atoms. The van der Waals surface area contributed by atoms with E-state index in [1.165, 1.54) is 38.0 Å². The third-order valence-electron chi connectivity index (χ3n) is 3.70. The number of ether oxygens (including phenoxy) is 1. The summed E-state index contributed by atoms with van der Waals surface area (Å²) >= 11 is 0. The molecule has 0 aromatic heterocycles. The van der Waals surface area contributed by atoms with E-state index in [2.05, 4.69) is 41.5 Å². The van der Waals surface area contributed by atoms with Gasteiger partial charge in [-0.25, -0.2) is 0 Å². The monoisotopic (exact) mass is 298 g/mol. The van der Waals surface area contributed by atoms with Crippen LogP contribution in [0.3, 0.4) is 0 Å². The zero-order chi connectivity index (χ0) is 13.3. The molecule has 1 atom stereocenters. The van der Waals surface area contributed by atoms with Crippen LogP contribution < -0.4 is 5.32 Å². The number of nitrogens with zero attached hydrogens (tertiary/aromatic N) is 1. The van der Waals surface area contributed by atoms with Crippen LogP contribution in [0.5, 0.6) is 0 Å². The van der Waals surface area contributed by atoms with Gasteiger partial charge >= 0.3 is 0 Å². The Balaban J connectivity index is 0.00000200. The summed E-state index contributed by atoms with van der Waals surface area (Å²) in [5, 5.41) is 3.47. The van der Waals surface area contributed by atoms with Gasteiger partial charge in [-0.2, -0.15) is 0 Å². The standard InChI is InChI=1S/C16H26N2O.ClH/c1-18(13-16-8-5-9-17-12-16)10-11-19-14-15-6-3-2-4-7-15;/h2-4,6-7,16-17H,5,8-14H2,1H3;1H. The summed E-state index contributed by atoms with van der Waals surface area (Å²) in [7, 11) is 2.19. The number of hydrogen-bond acceptors (Lipinski definition) is 3. The molecule has 114 valence electrons. The average Bonchev–Trinajstić information content (AvgIpc) is 2.46. The summed E-state index contributed by atoms with van der Waals surface area (Å²) in [5.41, 5.74) is 1.25. The first-order valence-electron chi connectivity index (χ1n) is 7.35. The molecule has 4 heteroatoms. The Hall–Kier alpha value is -0.610. The van der Waals surface area contributed by atoms with Gasteiger partial charge in [-0.1, -0.05) is 30.3 Å². The highest BCUT2D eigenvalue weighted by atomic mass is 35.5. The summed E-state index contributed by atoms with van der Waals surface area (Å²) < 4.78 is 5.72. The van der Waals surface area contributed by atoms with Gasteiger partial charge in [0.25, 0.3) is 0 Å². The Labute approximate surface area is 129 Å². The first-order chi connectivity index (χ1) is 9.34. The molecular formula is C16H27ClN2O. The second kappa shape index (κ2) is 10.2. The molecule has 0 aliphatic carbocycles. The van der Waals surface area contributed by atoms with Crippen molar-refractivity contribution in [2.75, 3.05) is 39.8 Å². The number of piperidine rings is 1. The zero-order valence-corrected chi connectivity index (χ0v) is 13.2. The fourth-order valence-corrected chi connectivity index (χ4v) is 2.60. The SMILES string of the molecule is CN(CCOCc1ccccc1)CC1CCCNC1.Cl. The lowest BCUT2D eigenvalue weighted by molar-refractivity contribution is 0.0939. The van der Waals surface area contributed by atoms with E-state index >= 15 is 0 Å². The second-order valence-corrected chi connectivity index (χ2v) is 5.51. The minimum atomic E-state index is 0. The van der Waals surface area contributed by atoms with Gasteiger partial charge in [-0.05, 0) is 44.5 Å². The van der Waals surface area contributed by atoms with Crippen molar-refractivity contribution < 1.29 is 4.74 Å². The molecule has 0 spiro atoms. The molecule has 0 bridgehead atoms. The highest BCUT2D eigenvalue weighted by molar-refractivity contribution is 5.85. The van der Waals surface area contributed by atoms with E-state index in [-0.39, 0.29) is 12.4 Å². The summed E-state index contributed by atoms with van der Waals surface area (Å²) in [6.45, 7) is 6.10. The van der Waals surface area contributed by atoms with Gasteiger partial charge in [0.05, 0.1) is 13.2 Å². The van der Waals surface area contributed by atoms with Crippen molar-refractivity contribution >= 4 is 12.4 Å². The van der Waals surface area contributed by atoms with Crippen LogP contribution in [0.4, 0.5) is 0 Å². The van der Waals surface area contributed by atoms with E-state index in [1.807, 2.05) is 6.07 Å². The van der Waals surface area contributed by atoms with E-state index in [0.717, 1.165) is 25.7 Å². The highest BCUT2D eigenvalue weighted by Crippen LogP contribution is 2.10. The minimum Gasteiger partial charge on any atom is -0.375 e. The molecule has 0 radical (unpaired) electrons. The third-order valence-corrected chi connectivity index (χ3v) is 3.70. The van der Waals surface area contributed by atoms with Gasteiger partial charge in [0.2, 0.25) is 0 Å². The molecule has 1 unspecified atom stereocenters. The Morgan fingerprint density at radius 2 is 2.10 bits per heavy atom. The summed E-state index contributed by atoms with van der Waals surface area (Å²) in [6.07, 6.45) is 2.69. The highest BCUT2D eigenvalue weighted by Gasteiger charge is 2.14. The number of halogens is 1. The topological polar surface area (TPSA) is 24.5 Å². The summed E-state index contributed by atoms with van der Waals surface area (Å²) in [6, 6.07) is 10.4. The van der Waals surface area contributed by atoms with Crippen molar-refractivity contribution in [3.63, 3.8) is 0 Å². The fourth-order valence-electron chi connectivity index (χ4n) is 2.60. The number of likely N-dealkylation sites (N-methyl/N-ethyl adjacent to an activating group) is 1. The molecule has 1 N–H and O–H groups in total. The molecule has 0 amide bonds. The molecule has 1 aromatic carbocycles. The number of rotatable bonds is 7. The largest absolute Gasteiger partial charge is 0.375 e. The smallest absolute Gasteiger partial charge is 0.0717 e. The lowest BCUT2D eigenvalue weighted by atomic mass is 9.99. The maximum atomic E-state index is 5.72. The maximum absolute atomic E-state index is 5.72. The van der Waals surface area contributed by atoms with Crippen LogP contribution in [0.1, 0.15) is 18.4 Å². The molecule has 3 nitrogen and oxygen atoms in total. The van der Waals surface area contributed by atoms with E-state index in [1.54, 1.807) is 0 Å². The van der Waals surface area contributed by atoms with Crippen molar-refractivity contribution in [2.45, 2.75) is 19.4 Å². The van der Waals surface area contributed by atoms with Crippen LogP contribution in [0.25, 0.3) is 0 Å². The third kappa shape index (κ3) is 6.71. The molecule has 0 saturated carbocycles. The molecule has 1 aromatic rings. The summed E-state index contributed by atoms with van der Waals surface area (Å²) in [4.78, 5) is 2.39. The zero-order valence-electron chi connectivity index (χ0n) is 12.4. The summed E-state index contributed by atoms with van der Waals surface area (Å²) in [5.74, 6) is 0.813. The molecule has 1 heterocycles. The van der Waals surface area contributed by atoms with Gasteiger partial charge in [0.15, 0.2) is 0 Å². The molecule has 1 aliphatic heterocycles. The Bertz CT molecular complexity index is 342. The van der Waals surface area contributed by atoms with E-state index < -0.39 is 0 Å². The van der Waals surface area contributed by atoms with Crippen LogP contribution in [0.2, 0.25) is 0 Å².